The summed E-state index contributed by atoms with van der Waals surface area (Å²) in [7, 11) is 0. The van der Waals surface area contributed by atoms with Crippen molar-refractivity contribution in [3.63, 3.8) is 0 Å². The fraction of sp³-hybridized carbons (Fsp3) is 0.737. The number of furan rings is 1. The Hall–Kier alpha value is -1.49. The van der Waals surface area contributed by atoms with Crippen LogP contribution in [0.25, 0.3) is 0 Å². The summed E-state index contributed by atoms with van der Waals surface area (Å²) in [5.74, 6) is 2.88. The summed E-state index contributed by atoms with van der Waals surface area (Å²) in [6, 6.07) is 3.96. The molecule has 5 nitrogen and oxygen atoms in total. The zero-order valence-electron chi connectivity index (χ0n) is 15.0. The van der Waals surface area contributed by atoms with Crippen LogP contribution in [0.1, 0.15) is 38.4 Å². The highest BCUT2D eigenvalue weighted by Crippen LogP contribution is 2.20. The summed E-state index contributed by atoms with van der Waals surface area (Å²) in [6.07, 6.45) is 8.07. The third kappa shape index (κ3) is 5.00. The Morgan fingerprint density at radius 3 is 2.92 bits per heavy atom. The lowest BCUT2D eigenvalue weighted by Gasteiger charge is -2.29. The molecule has 24 heavy (non-hydrogen) atoms. The van der Waals surface area contributed by atoms with E-state index in [2.05, 4.69) is 22.0 Å². The maximum atomic E-state index is 5.39. The molecule has 2 fully saturated rings. The predicted octanol–water partition coefficient (Wildman–Crippen LogP) is 2.60. The first kappa shape index (κ1) is 17.3. The van der Waals surface area contributed by atoms with Crippen molar-refractivity contribution in [1.29, 1.82) is 0 Å². The van der Waals surface area contributed by atoms with Crippen molar-refractivity contribution in [2.24, 2.45) is 10.9 Å². The Morgan fingerprint density at radius 1 is 1.29 bits per heavy atom. The molecule has 1 atom stereocenters. The second-order valence-electron chi connectivity index (χ2n) is 7.03. The van der Waals surface area contributed by atoms with Crippen LogP contribution in [0.3, 0.4) is 0 Å². The van der Waals surface area contributed by atoms with E-state index in [1.807, 2.05) is 12.1 Å². The number of hydrogen-bond acceptors (Lipinski definition) is 3. The van der Waals surface area contributed by atoms with Crippen LogP contribution in [0.15, 0.2) is 27.8 Å². The molecule has 0 radical (unpaired) electrons. The minimum Gasteiger partial charge on any atom is -0.469 e. The zero-order chi connectivity index (χ0) is 16.6. The summed E-state index contributed by atoms with van der Waals surface area (Å²) >= 11 is 0. The molecule has 134 valence electrons. The molecule has 0 amide bonds. The summed E-state index contributed by atoms with van der Waals surface area (Å²) in [4.78, 5) is 9.92. The molecule has 0 bridgehead atoms. The molecular formula is C19H32N4O. The van der Waals surface area contributed by atoms with E-state index in [1.54, 1.807) is 6.26 Å². The van der Waals surface area contributed by atoms with Gasteiger partial charge >= 0.3 is 0 Å². The number of rotatable bonds is 6. The maximum absolute atomic E-state index is 5.39. The lowest BCUT2D eigenvalue weighted by molar-refractivity contribution is 0.198. The number of nitrogens with zero attached hydrogens (tertiary/aromatic N) is 3. The maximum Gasteiger partial charge on any atom is 0.193 e. The number of likely N-dealkylation sites (tertiary alicyclic amines) is 2. The summed E-state index contributed by atoms with van der Waals surface area (Å²) in [5.41, 5.74) is 0. The molecule has 2 aliphatic heterocycles. The SMILES string of the molecule is CCNC(=NCCc1ccco1)N1CCC(CN2CCCCC2)C1. The largest absolute Gasteiger partial charge is 0.469 e. The average molecular weight is 332 g/mol. The molecule has 1 N–H and O–H groups in total. The number of nitrogens with one attached hydrogen (secondary N) is 1. The second kappa shape index (κ2) is 9.11. The van der Waals surface area contributed by atoms with Gasteiger partial charge < -0.3 is 19.5 Å². The van der Waals surface area contributed by atoms with Crippen molar-refractivity contribution in [1.82, 2.24) is 15.1 Å². The van der Waals surface area contributed by atoms with E-state index in [-0.39, 0.29) is 0 Å². The molecule has 0 aromatic carbocycles. The smallest absolute Gasteiger partial charge is 0.193 e. The van der Waals surface area contributed by atoms with Crippen LogP contribution in [0.4, 0.5) is 0 Å². The van der Waals surface area contributed by atoms with Gasteiger partial charge in [-0.15, -0.1) is 0 Å². The minimum atomic E-state index is 0.781. The molecule has 3 rings (SSSR count). The molecule has 2 aliphatic rings. The van der Waals surface area contributed by atoms with E-state index in [1.165, 1.54) is 45.3 Å². The Balaban J connectivity index is 1.48. The lowest BCUT2D eigenvalue weighted by Crippen LogP contribution is -2.41. The Kier molecular flexibility index (Phi) is 6.58. The van der Waals surface area contributed by atoms with E-state index in [0.29, 0.717) is 0 Å². The van der Waals surface area contributed by atoms with Crippen molar-refractivity contribution >= 4 is 5.96 Å². The van der Waals surface area contributed by atoms with Gasteiger partial charge in [0.05, 0.1) is 6.26 Å². The molecule has 2 saturated heterocycles. The second-order valence-corrected chi connectivity index (χ2v) is 7.03. The third-order valence-electron chi connectivity index (χ3n) is 5.09. The van der Waals surface area contributed by atoms with Gasteiger partial charge in [0.15, 0.2) is 5.96 Å². The normalized spacial score (nSPS) is 23.0. The van der Waals surface area contributed by atoms with Crippen LogP contribution < -0.4 is 5.32 Å². The Morgan fingerprint density at radius 2 is 2.17 bits per heavy atom. The Labute approximate surface area is 146 Å². The molecule has 0 spiro atoms. The molecule has 3 heterocycles. The summed E-state index contributed by atoms with van der Waals surface area (Å²) in [5, 5.41) is 3.46. The van der Waals surface area contributed by atoms with E-state index in [0.717, 1.165) is 50.2 Å². The van der Waals surface area contributed by atoms with Crippen molar-refractivity contribution in [3.8, 4) is 0 Å². The highest BCUT2D eigenvalue weighted by Gasteiger charge is 2.26. The lowest BCUT2D eigenvalue weighted by atomic mass is 10.1. The fourth-order valence-electron chi connectivity index (χ4n) is 3.83. The number of aliphatic imine (C=N–C) groups is 1. The topological polar surface area (TPSA) is 44.0 Å². The van der Waals surface area contributed by atoms with Crippen LogP contribution in [0.2, 0.25) is 0 Å². The summed E-state index contributed by atoms with van der Waals surface area (Å²) < 4.78 is 5.39. The monoisotopic (exact) mass is 332 g/mol. The summed E-state index contributed by atoms with van der Waals surface area (Å²) in [6.45, 7) is 9.98. The van der Waals surface area contributed by atoms with Crippen molar-refractivity contribution < 1.29 is 4.42 Å². The highest BCUT2D eigenvalue weighted by atomic mass is 16.3. The fourth-order valence-corrected chi connectivity index (χ4v) is 3.83. The van der Waals surface area contributed by atoms with Crippen LogP contribution in [0.5, 0.6) is 0 Å². The van der Waals surface area contributed by atoms with E-state index in [4.69, 9.17) is 9.41 Å². The molecular weight excluding hydrogens is 300 g/mol. The van der Waals surface area contributed by atoms with Gasteiger partial charge in [-0.05, 0) is 57.3 Å². The Bertz CT molecular complexity index is 493. The van der Waals surface area contributed by atoms with Crippen molar-refractivity contribution in [3.05, 3.63) is 24.2 Å². The first-order valence-electron chi connectivity index (χ1n) is 9.63. The molecule has 0 aliphatic carbocycles. The molecule has 1 aromatic rings. The first-order chi connectivity index (χ1) is 11.8. The van der Waals surface area contributed by atoms with Gasteiger partial charge in [-0.2, -0.15) is 0 Å². The number of piperidine rings is 1. The van der Waals surface area contributed by atoms with Crippen LogP contribution in [-0.2, 0) is 6.42 Å². The quantitative estimate of drug-likeness (QED) is 0.642. The molecule has 1 unspecified atom stereocenters. The molecule has 0 saturated carbocycles. The number of hydrogen-bond donors (Lipinski definition) is 1. The highest BCUT2D eigenvalue weighted by molar-refractivity contribution is 5.80. The standard InChI is InChI=1S/C19H32N4O/c1-2-20-19(21-10-8-18-7-6-14-24-18)23-13-9-17(16-23)15-22-11-4-3-5-12-22/h6-7,14,17H,2-5,8-13,15-16H2,1H3,(H,20,21). The van der Waals surface area contributed by atoms with Gasteiger partial charge in [-0.1, -0.05) is 6.42 Å². The predicted molar refractivity (Wildman–Crippen MR) is 98.4 cm³/mol. The van der Waals surface area contributed by atoms with Gasteiger partial charge in [-0.3, -0.25) is 4.99 Å². The van der Waals surface area contributed by atoms with Crippen LogP contribution in [0, 0.1) is 5.92 Å². The van der Waals surface area contributed by atoms with Gasteiger partial charge in [-0.25, -0.2) is 0 Å². The molecule has 5 heteroatoms. The zero-order valence-corrected chi connectivity index (χ0v) is 15.0. The number of guanidine groups is 1. The van der Waals surface area contributed by atoms with Crippen LogP contribution >= 0.6 is 0 Å². The van der Waals surface area contributed by atoms with Crippen molar-refractivity contribution in [2.45, 2.75) is 39.0 Å². The van der Waals surface area contributed by atoms with Gasteiger partial charge in [0.25, 0.3) is 0 Å². The van der Waals surface area contributed by atoms with Gasteiger partial charge in [0.2, 0.25) is 0 Å². The third-order valence-corrected chi connectivity index (χ3v) is 5.09. The van der Waals surface area contributed by atoms with Gasteiger partial charge in [0, 0.05) is 39.1 Å². The van der Waals surface area contributed by atoms with E-state index in [9.17, 15) is 0 Å². The van der Waals surface area contributed by atoms with Crippen molar-refractivity contribution in [2.75, 3.05) is 45.8 Å². The van der Waals surface area contributed by atoms with E-state index < -0.39 is 0 Å². The van der Waals surface area contributed by atoms with Crippen LogP contribution in [-0.4, -0.2) is 61.6 Å². The first-order valence-corrected chi connectivity index (χ1v) is 9.63. The average Bonchev–Trinajstić information content (AvgIpc) is 3.27. The molecule has 1 aromatic heterocycles. The van der Waals surface area contributed by atoms with Gasteiger partial charge in [0.1, 0.15) is 5.76 Å². The van der Waals surface area contributed by atoms with E-state index >= 15 is 0 Å². The minimum absolute atomic E-state index is 0.781.